The standard InChI is InChI=1S/C13H20ClN3O2S/c1-11(12-4-3-5-13(14)10-12)16(2)20(18,19)17-8-6-15-7-9-17/h3-5,10-11,15H,6-9H2,1-2H3. The van der Waals surface area contributed by atoms with Gasteiger partial charge in [0, 0.05) is 44.3 Å². The molecule has 20 heavy (non-hydrogen) atoms. The molecule has 0 bridgehead atoms. The van der Waals surface area contributed by atoms with Gasteiger partial charge in [-0.05, 0) is 24.6 Å². The Kier molecular flexibility index (Phi) is 5.04. The van der Waals surface area contributed by atoms with Crippen molar-refractivity contribution in [3.05, 3.63) is 34.9 Å². The van der Waals surface area contributed by atoms with E-state index in [1.165, 1.54) is 8.61 Å². The number of nitrogens with one attached hydrogen (secondary N) is 1. The fraction of sp³-hybridized carbons (Fsp3) is 0.538. The highest BCUT2D eigenvalue weighted by molar-refractivity contribution is 7.86. The van der Waals surface area contributed by atoms with Gasteiger partial charge < -0.3 is 5.32 Å². The van der Waals surface area contributed by atoms with Gasteiger partial charge >= 0.3 is 0 Å². The smallest absolute Gasteiger partial charge is 0.282 e. The second-order valence-corrected chi connectivity index (χ2v) is 7.33. The highest BCUT2D eigenvalue weighted by atomic mass is 35.5. The molecule has 0 saturated carbocycles. The Morgan fingerprint density at radius 3 is 2.60 bits per heavy atom. The molecule has 1 aliphatic rings. The van der Waals surface area contributed by atoms with Crippen LogP contribution in [0.15, 0.2) is 24.3 Å². The van der Waals surface area contributed by atoms with E-state index in [4.69, 9.17) is 11.6 Å². The van der Waals surface area contributed by atoms with Gasteiger partial charge in [0.25, 0.3) is 10.2 Å². The van der Waals surface area contributed by atoms with E-state index in [9.17, 15) is 8.42 Å². The van der Waals surface area contributed by atoms with Gasteiger partial charge in [-0.2, -0.15) is 17.0 Å². The molecule has 7 heteroatoms. The summed E-state index contributed by atoms with van der Waals surface area (Å²) in [6.45, 7) is 4.27. The van der Waals surface area contributed by atoms with Gasteiger partial charge in [0.2, 0.25) is 0 Å². The maximum absolute atomic E-state index is 12.6. The zero-order chi connectivity index (χ0) is 14.8. The Balaban J connectivity index is 2.18. The summed E-state index contributed by atoms with van der Waals surface area (Å²) < 4.78 is 28.1. The number of hydrogen-bond donors (Lipinski definition) is 1. The lowest BCUT2D eigenvalue weighted by Gasteiger charge is -2.33. The van der Waals surface area contributed by atoms with E-state index in [-0.39, 0.29) is 6.04 Å². The number of nitrogens with zero attached hydrogens (tertiary/aromatic N) is 2. The molecule has 1 N–H and O–H groups in total. The summed E-state index contributed by atoms with van der Waals surface area (Å²) in [5, 5.41) is 3.77. The van der Waals surface area contributed by atoms with Crippen LogP contribution in [0.3, 0.4) is 0 Å². The maximum atomic E-state index is 12.6. The number of rotatable bonds is 4. The average molecular weight is 318 g/mol. The molecule has 1 fully saturated rings. The Bertz CT molecular complexity index is 558. The minimum atomic E-state index is -3.44. The third-order valence-electron chi connectivity index (χ3n) is 3.64. The summed E-state index contributed by atoms with van der Waals surface area (Å²) >= 11 is 5.97. The van der Waals surface area contributed by atoms with Crippen molar-refractivity contribution in [3.63, 3.8) is 0 Å². The number of benzene rings is 1. The number of piperazine rings is 1. The van der Waals surface area contributed by atoms with Gasteiger partial charge in [-0.15, -0.1) is 0 Å². The van der Waals surface area contributed by atoms with E-state index in [1.54, 1.807) is 19.2 Å². The van der Waals surface area contributed by atoms with Gasteiger partial charge in [0.1, 0.15) is 0 Å². The fourth-order valence-electron chi connectivity index (χ4n) is 2.23. The molecule has 1 aromatic carbocycles. The average Bonchev–Trinajstić information content (AvgIpc) is 2.46. The first kappa shape index (κ1) is 15.7. The highest BCUT2D eigenvalue weighted by Crippen LogP contribution is 2.25. The Labute approximate surface area is 125 Å². The van der Waals surface area contributed by atoms with Crippen molar-refractivity contribution < 1.29 is 8.42 Å². The van der Waals surface area contributed by atoms with Gasteiger partial charge in [0.05, 0.1) is 0 Å². The van der Waals surface area contributed by atoms with Crippen LogP contribution in [-0.4, -0.2) is 50.3 Å². The van der Waals surface area contributed by atoms with E-state index in [2.05, 4.69) is 5.32 Å². The largest absolute Gasteiger partial charge is 0.314 e. The summed E-state index contributed by atoms with van der Waals surface area (Å²) in [6, 6.07) is 7.05. The lowest BCUT2D eigenvalue weighted by atomic mass is 10.1. The zero-order valence-electron chi connectivity index (χ0n) is 11.7. The predicted molar refractivity (Wildman–Crippen MR) is 81.0 cm³/mol. The lowest BCUT2D eigenvalue weighted by molar-refractivity contribution is 0.306. The molecular weight excluding hydrogens is 298 g/mol. The molecule has 1 unspecified atom stereocenters. The second-order valence-electron chi connectivity index (χ2n) is 4.90. The maximum Gasteiger partial charge on any atom is 0.282 e. The summed E-state index contributed by atoms with van der Waals surface area (Å²) in [5.41, 5.74) is 0.888. The third kappa shape index (κ3) is 3.32. The van der Waals surface area contributed by atoms with Crippen molar-refractivity contribution in [2.45, 2.75) is 13.0 Å². The van der Waals surface area contributed by atoms with Gasteiger partial charge in [-0.3, -0.25) is 0 Å². The van der Waals surface area contributed by atoms with E-state index < -0.39 is 10.2 Å². The molecular formula is C13H20ClN3O2S. The second kappa shape index (κ2) is 6.41. The van der Waals surface area contributed by atoms with E-state index >= 15 is 0 Å². The molecule has 2 rings (SSSR count). The SMILES string of the molecule is CC(c1cccc(Cl)c1)N(C)S(=O)(=O)N1CCNCC1. The minimum absolute atomic E-state index is 0.256. The predicted octanol–water partition coefficient (Wildman–Crippen LogP) is 1.48. The van der Waals surface area contributed by atoms with Crippen molar-refractivity contribution in [3.8, 4) is 0 Å². The van der Waals surface area contributed by atoms with Crippen LogP contribution in [-0.2, 0) is 10.2 Å². The van der Waals surface area contributed by atoms with Crippen LogP contribution >= 0.6 is 11.6 Å². The lowest BCUT2D eigenvalue weighted by Crippen LogP contribution is -2.51. The van der Waals surface area contributed by atoms with Crippen LogP contribution in [0.1, 0.15) is 18.5 Å². The van der Waals surface area contributed by atoms with Crippen molar-refractivity contribution in [1.29, 1.82) is 0 Å². The highest BCUT2D eigenvalue weighted by Gasteiger charge is 2.31. The molecule has 1 saturated heterocycles. The van der Waals surface area contributed by atoms with Crippen molar-refractivity contribution in [2.24, 2.45) is 0 Å². The summed E-state index contributed by atoms with van der Waals surface area (Å²) in [7, 11) is -1.82. The molecule has 1 aliphatic heterocycles. The first-order valence-corrected chi connectivity index (χ1v) is 8.39. The molecule has 1 heterocycles. The summed E-state index contributed by atoms with van der Waals surface area (Å²) in [5.74, 6) is 0. The van der Waals surface area contributed by atoms with E-state index in [0.717, 1.165) is 5.56 Å². The van der Waals surface area contributed by atoms with Crippen LogP contribution in [0.25, 0.3) is 0 Å². The molecule has 0 spiro atoms. The Morgan fingerprint density at radius 1 is 1.35 bits per heavy atom. The molecule has 112 valence electrons. The summed E-state index contributed by atoms with van der Waals surface area (Å²) in [6.07, 6.45) is 0. The van der Waals surface area contributed by atoms with Gasteiger partial charge in [-0.25, -0.2) is 0 Å². The molecule has 0 aromatic heterocycles. The van der Waals surface area contributed by atoms with Crippen LogP contribution in [0.2, 0.25) is 5.02 Å². The zero-order valence-corrected chi connectivity index (χ0v) is 13.3. The Morgan fingerprint density at radius 2 is 2.00 bits per heavy atom. The first-order valence-electron chi connectivity index (χ1n) is 6.62. The molecule has 0 radical (unpaired) electrons. The monoisotopic (exact) mass is 317 g/mol. The van der Waals surface area contributed by atoms with Crippen LogP contribution in [0, 0.1) is 0 Å². The van der Waals surface area contributed by atoms with Crippen LogP contribution in [0.5, 0.6) is 0 Å². The molecule has 1 aromatic rings. The summed E-state index contributed by atoms with van der Waals surface area (Å²) in [4.78, 5) is 0. The molecule has 0 amide bonds. The van der Waals surface area contributed by atoms with Crippen molar-refractivity contribution in [1.82, 2.24) is 13.9 Å². The van der Waals surface area contributed by atoms with Gasteiger partial charge in [0.15, 0.2) is 0 Å². The normalized spacial score (nSPS) is 19.2. The third-order valence-corrected chi connectivity index (χ3v) is 5.94. The van der Waals surface area contributed by atoms with Crippen LogP contribution < -0.4 is 5.32 Å². The van der Waals surface area contributed by atoms with Gasteiger partial charge in [-0.1, -0.05) is 23.7 Å². The van der Waals surface area contributed by atoms with E-state index in [0.29, 0.717) is 31.2 Å². The number of hydrogen-bond acceptors (Lipinski definition) is 3. The van der Waals surface area contributed by atoms with E-state index in [1.807, 2.05) is 19.1 Å². The molecule has 0 aliphatic carbocycles. The van der Waals surface area contributed by atoms with Crippen molar-refractivity contribution >= 4 is 21.8 Å². The fourth-order valence-corrected chi connectivity index (χ4v) is 3.96. The van der Waals surface area contributed by atoms with Crippen molar-refractivity contribution in [2.75, 3.05) is 33.2 Å². The Hall–Kier alpha value is -0.660. The first-order chi connectivity index (χ1) is 9.43. The van der Waals surface area contributed by atoms with Crippen LogP contribution in [0.4, 0.5) is 0 Å². The topological polar surface area (TPSA) is 52.7 Å². The molecule has 5 nitrogen and oxygen atoms in total. The quantitative estimate of drug-likeness (QED) is 0.915. The number of halogens is 1. The minimum Gasteiger partial charge on any atom is -0.314 e. The molecule has 1 atom stereocenters.